The summed E-state index contributed by atoms with van der Waals surface area (Å²) < 4.78 is 11.0. The Morgan fingerprint density at radius 3 is 1.36 bits per heavy atom. The van der Waals surface area contributed by atoms with Crippen molar-refractivity contribution in [3.8, 4) is 11.5 Å². The summed E-state index contributed by atoms with van der Waals surface area (Å²) in [6.45, 7) is 0.340. The van der Waals surface area contributed by atoms with E-state index >= 15 is 0 Å². The van der Waals surface area contributed by atoms with Gasteiger partial charge in [-0.1, -0.05) is 24.3 Å². The second kappa shape index (κ2) is 10.5. The first-order valence-electron chi connectivity index (χ1n) is 8.04. The van der Waals surface area contributed by atoms with Crippen molar-refractivity contribution in [2.24, 2.45) is 0 Å². The van der Waals surface area contributed by atoms with Crippen LogP contribution in [0.5, 0.6) is 11.5 Å². The summed E-state index contributed by atoms with van der Waals surface area (Å²) in [5.74, 6) is 1.46. The molecule has 25 heavy (non-hydrogen) atoms. The molecule has 0 heterocycles. The fraction of sp³-hybridized carbons (Fsp3) is 0.368. The molecule has 6 heteroatoms. The molecule has 0 spiro atoms. The number of alkyl halides is 2. The van der Waals surface area contributed by atoms with E-state index in [1.165, 1.54) is 0 Å². The van der Waals surface area contributed by atoms with Crippen LogP contribution >= 0.6 is 23.2 Å². The van der Waals surface area contributed by atoms with Crippen LogP contribution in [0.15, 0.2) is 48.5 Å². The van der Waals surface area contributed by atoms with Crippen molar-refractivity contribution >= 4 is 23.2 Å². The lowest BCUT2D eigenvalue weighted by Gasteiger charge is -2.11. The van der Waals surface area contributed by atoms with E-state index in [9.17, 15) is 0 Å². The lowest BCUT2D eigenvalue weighted by atomic mass is 10.0. The number of hydrogen-bond donors (Lipinski definition) is 2. The van der Waals surface area contributed by atoms with Crippen molar-refractivity contribution in [1.82, 2.24) is 0 Å². The molecule has 2 atom stereocenters. The normalized spacial score (nSPS) is 13.3. The van der Waals surface area contributed by atoms with Crippen molar-refractivity contribution in [3.05, 3.63) is 59.7 Å². The maximum absolute atomic E-state index is 8.88. The Hall–Kier alpha value is -1.46. The number of aliphatic hydroxyl groups is 2. The van der Waals surface area contributed by atoms with Crippen LogP contribution < -0.4 is 9.47 Å². The minimum absolute atomic E-state index is 0.106. The van der Waals surface area contributed by atoms with Crippen molar-refractivity contribution in [2.75, 3.05) is 26.4 Å². The van der Waals surface area contributed by atoms with Gasteiger partial charge in [-0.25, -0.2) is 0 Å². The molecule has 0 bridgehead atoms. The molecule has 0 radical (unpaired) electrons. The summed E-state index contributed by atoms with van der Waals surface area (Å²) in [7, 11) is 0. The zero-order chi connectivity index (χ0) is 18.1. The Morgan fingerprint density at radius 2 is 1.04 bits per heavy atom. The summed E-state index contributed by atoms with van der Waals surface area (Å²) in [6.07, 6.45) is 0.796. The quantitative estimate of drug-likeness (QED) is 0.617. The molecular formula is C19H22Cl2O4. The van der Waals surface area contributed by atoms with Crippen molar-refractivity contribution in [3.63, 3.8) is 0 Å². The first-order valence-corrected chi connectivity index (χ1v) is 8.91. The topological polar surface area (TPSA) is 58.9 Å². The highest BCUT2D eigenvalue weighted by molar-refractivity contribution is 6.21. The molecule has 4 nitrogen and oxygen atoms in total. The summed E-state index contributed by atoms with van der Waals surface area (Å²) in [6, 6.07) is 15.6. The standard InChI is InChI=1S/C19H22Cl2O4/c20-16(10-22)12-24-18-5-1-14(2-6-18)9-15-3-7-19(8-4-15)25-13-17(21)11-23/h1-8,16-17,22-23H,9-13H2/t16-,17-/m1/s1. The molecule has 2 aromatic rings. The van der Waals surface area contributed by atoms with Gasteiger partial charge < -0.3 is 19.7 Å². The van der Waals surface area contributed by atoms with Gasteiger partial charge in [-0.05, 0) is 41.8 Å². The van der Waals surface area contributed by atoms with Gasteiger partial charge in [-0.3, -0.25) is 0 Å². The van der Waals surface area contributed by atoms with Crippen LogP contribution in [-0.4, -0.2) is 47.4 Å². The second-order valence-corrected chi connectivity index (χ2v) is 6.88. The highest BCUT2D eigenvalue weighted by Crippen LogP contribution is 2.18. The summed E-state index contributed by atoms with van der Waals surface area (Å²) >= 11 is 11.6. The minimum atomic E-state index is -0.396. The molecule has 2 N–H and O–H groups in total. The van der Waals surface area contributed by atoms with Gasteiger partial charge in [0.1, 0.15) is 24.7 Å². The first-order chi connectivity index (χ1) is 12.1. The molecule has 136 valence electrons. The molecular weight excluding hydrogens is 363 g/mol. The minimum Gasteiger partial charge on any atom is -0.492 e. The third-order valence-corrected chi connectivity index (χ3v) is 4.04. The van der Waals surface area contributed by atoms with Gasteiger partial charge in [-0.15, -0.1) is 23.2 Å². The highest BCUT2D eigenvalue weighted by atomic mass is 35.5. The zero-order valence-electron chi connectivity index (χ0n) is 13.8. The van der Waals surface area contributed by atoms with Gasteiger partial charge in [0.25, 0.3) is 0 Å². The monoisotopic (exact) mass is 384 g/mol. The third-order valence-electron chi connectivity index (χ3n) is 3.51. The Labute approximate surface area is 157 Å². The van der Waals surface area contributed by atoms with Gasteiger partial charge in [0.2, 0.25) is 0 Å². The molecule has 0 aliphatic rings. The fourth-order valence-corrected chi connectivity index (χ4v) is 2.25. The number of hydrogen-bond acceptors (Lipinski definition) is 4. The Bertz CT molecular complexity index is 561. The van der Waals surface area contributed by atoms with Crippen LogP contribution in [0.25, 0.3) is 0 Å². The van der Waals surface area contributed by atoms with E-state index in [4.69, 9.17) is 42.9 Å². The van der Waals surface area contributed by atoms with E-state index < -0.39 is 10.8 Å². The number of aliphatic hydroxyl groups excluding tert-OH is 2. The molecule has 0 fully saturated rings. The number of ether oxygens (including phenoxy) is 2. The van der Waals surface area contributed by atoms with Crippen LogP contribution in [0, 0.1) is 0 Å². The van der Waals surface area contributed by atoms with E-state index in [1.807, 2.05) is 48.5 Å². The molecule has 0 unspecified atom stereocenters. The van der Waals surface area contributed by atoms with Gasteiger partial charge in [-0.2, -0.15) is 0 Å². The van der Waals surface area contributed by atoms with E-state index in [0.29, 0.717) is 0 Å². The lowest BCUT2D eigenvalue weighted by molar-refractivity contribution is 0.237. The molecule has 0 saturated carbocycles. The predicted octanol–water partition coefficient (Wildman–Crippen LogP) is 3.23. The average Bonchev–Trinajstić information content (AvgIpc) is 2.66. The van der Waals surface area contributed by atoms with Crippen LogP contribution in [0.2, 0.25) is 0 Å². The smallest absolute Gasteiger partial charge is 0.119 e. The van der Waals surface area contributed by atoms with E-state index in [1.54, 1.807) is 0 Å². The SMILES string of the molecule is OC[C@@H](Cl)COc1ccc(Cc2ccc(OC[C@H](Cl)CO)cc2)cc1. The molecule has 0 aliphatic heterocycles. The van der Waals surface area contributed by atoms with Crippen LogP contribution in [0.4, 0.5) is 0 Å². The zero-order valence-corrected chi connectivity index (χ0v) is 15.3. The highest BCUT2D eigenvalue weighted by Gasteiger charge is 2.05. The van der Waals surface area contributed by atoms with Crippen LogP contribution in [0.1, 0.15) is 11.1 Å². The number of benzene rings is 2. The molecule has 0 aliphatic carbocycles. The molecule has 0 amide bonds. The molecule has 2 aromatic carbocycles. The Balaban J connectivity index is 1.85. The van der Waals surface area contributed by atoms with Gasteiger partial charge >= 0.3 is 0 Å². The molecule has 0 saturated heterocycles. The largest absolute Gasteiger partial charge is 0.492 e. The van der Waals surface area contributed by atoms with Crippen LogP contribution in [0.3, 0.4) is 0 Å². The summed E-state index contributed by atoms with van der Waals surface area (Å²) in [5, 5.41) is 17.0. The van der Waals surface area contributed by atoms with E-state index in [-0.39, 0.29) is 26.4 Å². The average molecular weight is 385 g/mol. The predicted molar refractivity (Wildman–Crippen MR) is 100 cm³/mol. The number of halogens is 2. The Kier molecular flexibility index (Phi) is 8.35. The summed E-state index contributed by atoms with van der Waals surface area (Å²) in [5.41, 5.74) is 2.32. The lowest BCUT2D eigenvalue weighted by Crippen LogP contribution is -2.15. The van der Waals surface area contributed by atoms with E-state index in [2.05, 4.69) is 0 Å². The van der Waals surface area contributed by atoms with Crippen molar-refractivity contribution in [1.29, 1.82) is 0 Å². The van der Waals surface area contributed by atoms with Crippen molar-refractivity contribution < 1.29 is 19.7 Å². The fourth-order valence-electron chi connectivity index (χ4n) is 2.12. The second-order valence-electron chi connectivity index (χ2n) is 5.65. The first kappa shape index (κ1) is 19.9. The third kappa shape index (κ3) is 7.12. The van der Waals surface area contributed by atoms with Crippen molar-refractivity contribution in [2.45, 2.75) is 17.2 Å². The molecule has 0 aromatic heterocycles. The van der Waals surface area contributed by atoms with E-state index in [0.717, 1.165) is 29.0 Å². The van der Waals surface area contributed by atoms with Gasteiger partial charge in [0, 0.05) is 0 Å². The molecule has 2 rings (SSSR count). The Morgan fingerprint density at radius 1 is 0.680 bits per heavy atom. The maximum Gasteiger partial charge on any atom is 0.119 e. The number of rotatable bonds is 10. The maximum atomic E-state index is 8.88. The van der Waals surface area contributed by atoms with Crippen LogP contribution in [-0.2, 0) is 6.42 Å². The van der Waals surface area contributed by atoms with Gasteiger partial charge in [0.05, 0.1) is 24.0 Å². The van der Waals surface area contributed by atoms with Gasteiger partial charge in [0.15, 0.2) is 0 Å². The summed E-state index contributed by atoms with van der Waals surface area (Å²) in [4.78, 5) is 0.